The number of amides is 2. The number of hydrogen-bond donors (Lipinski definition) is 2. The Hall–Kier alpha value is -3.14. The van der Waals surface area contributed by atoms with Gasteiger partial charge in [-0.15, -0.1) is 0 Å². The topological polar surface area (TPSA) is 99.9 Å². The quantitative estimate of drug-likeness (QED) is 0.893. The maximum Gasteiger partial charge on any atom is 0.319 e. The van der Waals surface area contributed by atoms with Gasteiger partial charge in [-0.3, -0.25) is 0 Å². The number of ether oxygens (including phenoxy) is 1. The van der Waals surface area contributed by atoms with Crippen LogP contribution in [0.3, 0.4) is 0 Å². The summed E-state index contributed by atoms with van der Waals surface area (Å²) in [7, 11) is 0. The Morgan fingerprint density at radius 1 is 1.12 bits per heavy atom. The van der Waals surface area contributed by atoms with Crippen LogP contribution in [0.1, 0.15) is 31.4 Å². The van der Waals surface area contributed by atoms with Gasteiger partial charge >= 0.3 is 6.03 Å². The van der Waals surface area contributed by atoms with Gasteiger partial charge in [0.05, 0.1) is 0 Å². The highest BCUT2D eigenvalue weighted by Gasteiger charge is 2.24. The summed E-state index contributed by atoms with van der Waals surface area (Å²) in [5.74, 6) is 0.281. The Labute approximate surface area is 146 Å². The fraction of sp³-hybridized carbons (Fsp3) is 0.333. The van der Waals surface area contributed by atoms with Gasteiger partial charge in [0.2, 0.25) is 5.69 Å². The van der Waals surface area contributed by atoms with Crippen molar-refractivity contribution in [2.24, 2.45) is 0 Å². The number of aromatic nitrogens is 2. The molecule has 1 aliphatic carbocycles. The van der Waals surface area contributed by atoms with Gasteiger partial charge in [0.25, 0.3) is 5.88 Å². The molecule has 1 heterocycles. The number of nitrogens with zero attached hydrogens (tertiary/aromatic N) is 3. The van der Waals surface area contributed by atoms with Crippen molar-refractivity contribution in [1.82, 2.24) is 15.3 Å². The van der Waals surface area contributed by atoms with Crippen molar-refractivity contribution in [1.29, 1.82) is 5.26 Å². The van der Waals surface area contributed by atoms with Crippen molar-refractivity contribution in [2.45, 2.75) is 37.8 Å². The zero-order valence-electron chi connectivity index (χ0n) is 13.7. The second kappa shape index (κ2) is 8.11. The zero-order chi connectivity index (χ0) is 17.5. The van der Waals surface area contributed by atoms with Crippen molar-refractivity contribution in [3.8, 4) is 11.9 Å². The van der Waals surface area contributed by atoms with Crippen molar-refractivity contribution in [3.05, 3.63) is 48.4 Å². The summed E-state index contributed by atoms with van der Waals surface area (Å²) in [6.45, 7) is 0. The lowest BCUT2D eigenvalue weighted by Gasteiger charge is -2.29. The highest BCUT2D eigenvalue weighted by Crippen LogP contribution is 2.24. The number of nitriles is 1. The summed E-state index contributed by atoms with van der Waals surface area (Å²) in [4.78, 5) is 20.0. The van der Waals surface area contributed by atoms with Crippen LogP contribution in [0.15, 0.2) is 42.7 Å². The third-order valence-corrected chi connectivity index (χ3v) is 4.09. The van der Waals surface area contributed by atoms with Gasteiger partial charge in [0.1, 0.15) is 12.2 Å². The molecule has 2 N–H and O–H groups in total. The average Bonchev–Trinajstić information content (AvgIpc) is 2.64. The molecular formula is C18H19N5O2. The molecule has 7 nitrogen and oxygen atoms in total. The van der Waals surface area contributed by atoms with E-state index < -0.39 is 0 Å². The largest absolute Gasteiger partial charge is 0.472 e. The third kappa shape index (κ3) is 4.67. The maximum atomic E-state index is 12.0. The fourth-order valence-electron chi connectivity index (χ4n) is 2.85. The first-order valence-corrected chi connectivity index (χ1v) is 8.25. The number of para-hydroxylation sites is 1. The minimum atomic E-state index is -0.198. The molecule has 0 atom stereocenters. The number of carbonyl (C=O) groups excluding carboxylic acids is 1. The summed E-state index contributed by atoms with van der Waals surface area (Å²) in [5, 5.41) is 14.8. The minimum Gasteiger partial charge on any atom is -0.472 e. The second-order valence-corrected chi connectivity index (χ2v) is 5.88. The molecule has 128 valence electrons. The van der Waals surface area contributed by atoms with Crippen molar-refractivity contribution < 1.29 is 9.53 Å². The number of rotatable bonds is 4. The van der Waals surface area contributed by atoms with Crippen molar-refractivity contribution in [3.63, 3.8) is 0 Å². The number of hydrogen-bond acceptors (Lipinski definition) is 5. The Balaban J connectivity index is 1.46. The molecule has 1 saturated carbocycles. The van der Waals surface area contributed by atoms with E-state index >= 15 is 0 Å². The second-order valence-electron chi connectivity index (χ2n) is 5.88. The molecule has 0 radical (unpaired) electrons. The van der Waals surface area contributed by atoms with E-state index in [1.165, 1.54) is 12.4 Å². The highest BCUT2D eigenvalue weighted by molar-refractivity contribution is 5.89. The van der Waals surface area contributed by atoms with Gasteiger partial charge in [-0.2, -0.15) is 5.26 Å². The average molecular weight is 337 g/mol. The molecule has 7 heteroatoms. The first kappa shape index (κ1) is 16.7. The monoisotopic (exact) mass is 337 g/mol. The first-order chi connectivity index (χ1) is 12.2. The van der Waals surface area contributed by atoms with Crippen LogP contribution in [0.2, 0.25) is 0 Å². The molecule has 0 aliphatic heterocycles. The standard InChI is InChI=1S/C18H19N5O2/c19-12-16-17(21-11-10-20-16)25-15-8-6-14(7-9-15)23-18(24)22-13-4-2-1-3-5-13/h1-5,10-11,14-15H,6-9H2,(H2,22,23,24). The van der Waals surface area contributed by atoms with E-state index in [0.717, 1.165) is 31.4 Å². The van der Waals surface area contributed by atoms with Crippen molar-refractivity contribution in [2.75, 3.05) is 5.32 Å². The lowest BCUT2D eigenvalue weighted by molar-refractivity contribution is 0.134. The molecule has 0 saturated heterocycles. The number of urea groups is 1. The highest BCUT2D eigenvalue weighted by atomic mass is 16.5. The predicted molar refractivity (Wildman–Crippen MR) is 92.0 cm³/mol. The fourth-order valence-corrected chi connectivity index (χ4v) is 2.85. The number of benzene rings is 1. The van der Waals surface area contributed by atoms with Gasteiger partial charge in [0.15, 0.2) is 0 Å². The molecule has 0 spiro atoms. The number of carbonyl (C=O) groups is 1. The molecular weight excluding hydrogens is 318 g/mol. The molecule has 1 aromatic carbocycles. The van der Waals surface area contributed by atoms with E-state index in [0.29, 0.717) is 0 Å². The van der Waals surface area contributed by atoms with E-state index in [4.69, 9.17) is 10.00 Å². The molecule has 3 rings (SSSR count). The van der Waals surface area contributed by atoms with E-state index in [9.17, 15) is 4.79 Å². The van der Waals surface area contributed by atoms with Crippen LogP contribution in [0.5, 0.6) is 5.88 Å². The summed E-state index contributed by atoms with van der Waals surface area (Å²) in [6.07, 6.45) is 6.17. The predicted octanol–water partition coefficient (Wildman–Crippen LogP) is 2.86. The van der Waals surface area contributed by atoms with E-state index in [-0.39, 0.29) is 29.8 Å². The van der Waals surface area contributed by atoms with Crippen LogP contribution in [-0.4, -0.2) is 28.1 Å². The lowest BCUT2D eigenvalue weighted by atomic mass is 9.93. The van der Waals surface area contributed by atoms with Gasteiger partial charge < -0.3 is 15.4 Å². The van der Waals surface area contributed by atoms with E-state index in [1.54, 1.807) is 0 Å². The van der Waals surface area contributed by atoms with Crippen LogP contribution in [0.4, 0.5) is 10.5 Å². The molecule has 2 aromatic rings. The normalized spacial score (nSPS) is 19.5. The summed E-state index contributed by atoms with van der Waals surface area (Å²) >= 11 is 0. The Morgan fingerprint density at radius 2 is 1.84 bits per heavy atom. The zero-order valence-corrected chi connectivity index (χ0v) is 13.7. The molecule has 0 bridgehead atoms. The number of nitrogens with one attached hydrogen (secondary N) is 2. The molecule has 1 aromatic heterocycles. The lowest BCUT2D eigenvalue weighted by Crippen LogP contribution is -2.41. The van der Waals surface area contributed by atoms with Crippen LogP contribution < -0.4 is 15.4 Å². The summed E-state index contributed by atoms with van der Waals surface area (Å²) in [6, 6.07) is 11.2. The van der Waals surface area contributed by atoms with Crippen LogP contribution >= 0.6 is 0 Å². The molecule has 25 heavy (non-hydrogen) atoms. The smallest absolute Gasteiger partial charge is 0.319 e. The van der Waals surface area contributed by atoms with Crippen molar-refractivity contribution >= 4 is 11.7 Å². The Bertz CT molecular complexity index is 752. The molecule has 0 unspecified atom stereocenters. The maximum absolute atomic E-state index is 12.0. The molecule has 1 aliphatic rings. The van der Waals surface area contributed by atoms with E-state index in [1.807, 2.05) is 36.4 Å². The Morgan fingerprint density at radius 3 is 2.56 bits per heavy atom. The van der Waals surface area contributed by atoms with Gasteiger partial charge in [0, 0.05) is 24.1 Å². The molecule has 1 fully saturated rings. The summed E-state index contributed by atoms with van der Waals surface area (Å²) in [5.41, 5.74) is 0.966. The molecule has 2 amide bonds. The van der Waals surface area contributed by atoms with Gasteiger partial charge in [-0.05, 0) is 37.8 Å². The minimum absolute atomic E-state index is 0.0148. The van der Waals surface area contributed by atoms with Gasteiger partial charge in [-0.25, -0.2) is 14.8 Å². The van der Waals surface area contributed by atoms with Crippen LogP contribution in [0, 0.1) is 11.3 Å². The SMILES string of the molecule is N#Cc1nccnc1OC1CCC(NC(=O)Nc2ccccc2)CC1. The number of anilines is 1. The summed E-state index contributed by atoms with van der Waals surface area (Å²) < 4.78 is 5.80. The first-order valence-electron chi connectivity index (χ1n) is 8.25. The van der Waals surface area contributed by atoms with Gasteiger partial charge in [-0.1, -0.05) is 18.2 Å². The third-order valence-electron chi connectivity index (χ3n) is 4.09. The van der Waals surface area contributed by atoms with E-state index in [2.05, 4.69) is 20.6 Å². The Kier molecular flexibility index (Phi) is 5.42. The van der Waals surface area contributed by atoms with Crippen LogP contribution in [-0.2, 0) is 0 Å². The van der Waals surface area contributed by atoms with Crippen LogP contribution in [0.25, 0.3) is 0 Å².